The Balaban J connectivity index is 0.000000163. The first-order chi connectivity index (χ1) is 34.3. The lowest BCUT2D eigenvalue weighted by atomic mass is 10.0. The van der Waals surface area contributed by atoms with Crippen molar-refractivity contribution in [2.45, 2.75) is 20.2 Å². The second-order valence-corrected chi connectivity index (χ2v) is 21.8. The molecule has 9 rings (SSSR count). The maximum absolute atomic E-state index is 13.9. The average molecular weight is 1080 g/mol. The van der Waals surface area contributed by atoms with Gasteiger partial charge in [-0.25, -0.2) is 45.5 Å². The predicted octanol–water partition coefficient (Wildman–Crippen LogP) is 8.38. The van der Waals surface area contributed by atoms with Gasteiger partial charge in [-0.15, -0.1) is 0 Å². The van der Waals surface area contributed by atoms with E-state index in [0.29, 0.717) is 39.2 Å². The standard InChI is InChI=1S/C17H12F3NO6S2.C15H11FN2O3S.C15H12N2O4S/c1-28(22,23)13-9-7-11(8-10-13)14-15(12-5-3-2-4-6-12)21-26-16(14)27-29(24,25)17(18,19)20;16-15-13(10-6-8-12(9-7-10)22(17,19)20)14(18-21-15)11-4-2-1-3-5-11;16-22(19,20)12-8-6-10(7-9-12)13-14(17-21-15(13)18)11-4-2-1-3-5-11/h2-10H,1H3;1-9H,(H2,17,19,20);1-9,17H,(H2,16,19,20)/i;16-1;. The number of sulfonamides is 2. The zero-order valence-electron chi connectivity index (χ0n) is 37.1. The number of hydrogen-bond acceptors (Lipinski definition) is 15. The summed E-state index contributed by atoms with van der Waals surface area (Å²) in [6, 6.07) is 41.8. The molecule has 0 saturated carbocycles. The molecule has 0 unspecified atom stereocenters. The molecule has 0 spiro atoms. The molecule has 6 aromatic carbocycles. The van der Waals surface area contributed by atoms with Crippen LogP contribution < -0.4 is 20.1 Å². The van der Waals surface area contributed by atoms with Gasteiger partial charge in [-0.2, -0.15) is 26.0 Å². The molecule has 9 aromatic rings. The number of primary sulfonamides is 2. The maximum atomic E-state index is 13.9. The molecule has 0 radical (unpaired) electrons. The molecule has 0 aliphatic carbocycles. The summed E-state index contributed by atoms with van der Waals surface area (Å²) in [7, 11) is -17.1. The lowest BCUT2D eigenvalue weighted by Gasteiger charge is -2.09. The van der Waals surface area contributed by atoms with E-state index in [0.717, 1.165) is 11.8 Å². The number of sulfone groups is 1. The molecule has 0 atom stereocenters. The molecular weight excluding hydrogens is 1050 g/mol. The van der Waals surface area contributed by atoms with Crippen LogP contribution in [0.2, 0.25) is 0 Å². The van der Waals surface area contributed by atoms with Crippen molar-refractivity contribution < 1.29 is 69.0 Å². The van der Waals surface area contributed by atoms with Crippen molar-refractivity contribution in [1.82, 2.24) is 15.5 Å². The molecular formula is C47H35F4N5O13S4. The Morgan fingerprint density at radius 2 is 0.890 bits per heavy atom. The van der Waals surface area contributed by atoms with Gasteiger partial charge in [-0.05, 0) is 53.1 Å². The van der Waals surface area contributed by atoms with Crippen LogP contribution in [0.15, 0.2) is 197 Å². The monoisotopic (exact) mass is 1080 g/mol. The number of nitrogens with two attached hydrogens (primary N) is 2. The quantitative estimate of drug-likeness (QED) is 0.0622. The predicted molar refractivity (Wildman–Crippen MR) is 256 cm³/mol. The second-order valence-electron chi connectivity index (χ2n) is 15.1. The Labute approximate surface area is 412 Å². The third kappa shape index (κ3) is 12.4. The van der Waals surface area contributed by atoms with Crippen molar-refractivity contribution >= 4 is 40.0 Å². The number of aromatic nitrogens is 3. The zero-order chi connectivity index (χ0) is 52.9. The summed E-state index contributed by atoms with van der Waals surface area (Å²) in [6.45, 7) is 0. The van der Waals surface area contributed by atoms with Crippen LogP contribution in [-0.4, -0.2) is 60.9 Å². The van der Waals surface area contributed by atoms with E-state index >= 15 is 0 Å². The van der Waals surface area contributed by atoms with Crippen molar-refractivity contribution in [3.05, 3.63) is 180 Å². The third-order valence-corrected chi connectivity index (χ3v) is 14.1. The molecule has 26 heteroatoms. The van der Waals surface area contributed by atoms with Crippen LogP contribution in [0.5, 0.6) is 5.95 Å². The van der Waals surface area contributed by atoms with Gasteiger partial charge in [0.05, 0.1) is 37.1 Å². The number of aromatic amines is 1. The number of benzene rings is 6. The minimum absolute atomic E-state index is 0.0163. The highest BCUT2D eigenvalue weighted by Crippen LogP contribution is 2.42. The molecule has 0 amide bonds. The van der Waals surface area contributed by atoms with Crippen LogP contribution in [0.4, 0.5) is 17.6 Å². The Morgan fingerprint density at radius 3 is 1.32 bits per heavy atom. The fourth-order valence-electron chi connectivity index (χ4n) is 6.70. The van der Waals surface area contributed by atoms with Crippen LogP contribution >= 0.6 is 0 Å². The van der Waals surface area contributed by atoms with Gasteiger partial charge in [0.15, 0.2) is 9.84 Å². The zero-order valence-corrected chi connectivity index (χ0v) is 40.4. The van der Waals surface area contributed by atoms with Crippen molar-refractivity contribution in [1.29, 1.82) is 0 Å². The molecule has 378 valence electrons. The van der Waals surface area contributed by atoms with E-state index in [-0.39, 0.29) is 37.1 Å². The number of nitrogens with one attached hydrogen (secondary N) is 1. The van der Waals surface area contributed by atoms with E-state index in [4.69, 9.17) is 19.3 Å². The summed E-state index contributed by atoms with van der Waals surface area (Å²) in [4.78, 5) is 11.9. The van der Waals surface area contributed by atoms with E-state index in [1.165, 1.54) is 72.8 Å². The number of rotatable bonds is 11. The first-order valence-corrected chi connectivity index (χ1v) is 26.8. The smallest absolute Gasteiger partial charge is 0.338 e. The molecule has 0 bridgehead atoms. The van der Waals surface area contributed by atoms with Gasteiger partial charge in [-0.1, -0.05) is 138 Å². The molecule has 0 fully saturated rings. The summed E-state index contributed by atoms with van der Waals surface area (Å²) in [5.41, 5.74) is -1.93. The fourth-order valence-corrected chi connectivity index (χ4v) is 8.77. The summed E-state index contributed by atoms with van der Waals surface area (Å²) >= 11 is 0. The number of nitrogens with zero attached hydrogens (tertiary/aromatic N) is 2. The molecule has 0 aliphatic heterocycles. The van der Waals surface area contributed by atoms with Gasteiger partial charge in [0.1, 0.15) is 11.4 Å². The number of halogens is 4. The van der Waals surface area contributed by atoms with E-state index in [2.05, 4.69) is 24.2 Å². The third-order valence-electron chi connectivity index (χ3n) is 10.2. The van der Waals surface area contributed by atoms with Gasteiger partial charge in [0.25, 0.3) is 0 Å². The van der Waals surface area contributed by atoms with Crippen molar-refractivity contribution in [3.63, 3.8) is 0 Å². The van der Waals surface area contributed by atoms with E-state index in [1.54, 1.807) is 54.6 Å². The summed E-state index contributed by atoms with van der Waals surface area (Å²) in [6.07, 6.45) is 0.987. The second kappa shape index (κ2) is 21.0. The van der Waals surface area contributed by atoms with Crippen LogP contribution in [0.25, 0.3) is 67.2 Å². The van der Waals surface area contributed by atoms with Gasteiger partial charge in [0, 0.05) is 22.9 Å². The number of hydrogen-bond donors (Lipinski definition) is 3. The highest BCUT2D eigenvalue weighted by Gasteiger charge is 2.50. The molecule has 18 nitrogen and oxygen atoms in total. The van der Waals surface area contributed by atoms with Crippen molar-refractivity contribution in [3.8, 4) is 73.1 Å². The SMILES string of the molecule is CS(=O)(=O)c1ccc(-c2c(-c3ccccc3)noc2OS(=O)(=O)C(F)(F)F)cc1.NS(=O)(=O)c1ccc(-c2c(-c3ccccc3)[nH]oc2=O)cc1.NS(=O)(=O)c1ccc(-c2c(-c3ccccc3)noc2[18F])cc1. The fraction of sp³-hybridized carbons (Fsp3) is 0.0426. The molecule has 0 saturated heterocycles. The summed E-state index contributed by atoms with van der Waals surface area (Å²) < 4.78 is 162. The molecule has 0 aliphatic rings. The number of H-pyrrole nitrogens is 1. The van der Waals surface area contributed by atoms with E-state index in [1.807, 2.05) is 36.4 Å². The molecule has 73 heavy (non-hydrogen) atoms. The molecule has 3 heterocycles. The first-order valence-electron chi connectivity index (χ1n) is 20.4. The molecule has 3 aromatic heterocycles. The summed E-state index contributed by atoms with van der Waals surface area (Å²) in [5.74, 6) is -0.992. The van der Waals surface area contributed by atoms with Crippen molar-refractivity contribution in [2.75, 3.05) is 6.26 Å². The Kier molecular flexibility index (Phi) is 15.2. The van der Waals surface area contributed by atoms with E-state index in [9.17, 15) is 56.0 Å². The Hall–Kier alpha value is -8.01. The van der Waals surface area contributed by atoms with Gasteiger partial charge in [-0.3, -0.25) is 0 Å². The van der Waals surface area contributed by atoms with Crippen LogP contribution in [-0.2, 0) is 40.0 Å². The maximum Gasteiger partial charge on any atom is 0.534 e. The topological polar surface area (TPSA) is 296 Å². The average Bonchev–Trinajstić information content (AvgIpc) is 4.07. The molecule has 5 N–H and O–H groups in total. The lowest BCUT2D eigenvalue weighted by molar-refractivity contribution is -0.0507. The number of alkyl halides is 3. The minimum Gasteiger partial charge on any atom is -0.338 e. The minimum atomic E-state index is -6.01. The first kappa shape index (κ1) is 52.8. The van der Waals surface area contributed by atoms with Gasteiger partial charge < -0.3 is 17.8 Å². The van der Waals surface area contributed by atoms with E-state index < -0.39 is 63.1 Å². The Morgan fingerprint density at radius 1 is 0.507 bits per heavy atom. The van der Waals surface area contributed by atoms with Crippen molar-refractivity contribution in [2.24, 2.45) is 10.3 Å². The Bertz CT molecular complexity index is 3910. The summed E-state index contributed by atoms with van der Waals surface area (Å²) in [5, 5.41) is 20.1. The van der Waals surface area contributed by atoms with Crippen LogP contribution in [0, 0.1) is 6.01 Å². The largest absolute Gasteiger partial charge is 0.534 e. The lowest BCUT2D eigenvalue weighted by Crippen LogP contribution is -2.28. The van der Waals surface area contributed by atoms with Crippen LogP contribution in [0.1, 0.15) is 0 Å². The normalized spacial score (nSPS) is 12.0. The highest BCUT2D eigenvalue weighted by atomic mass is 32.2. The highest BCUT2D eigenvalue weighted by molar-refractivity contribution is 7.90. The van der Waals surface area contributed by atoms with Gasteiger partial charge >= 0.3 is 33.2 Å². The van der Waals surface area contributed by atoms with Gasteiger partial charge in [0.2, 0.25) is 20.0 Å². The van der Waals surface area contributed by atoms with Crippen LogP contribution in [0.3, 0.4) is 0 Å².